The topological polar surface area (TPSA) is 43.6 Å². The number of nitrogens with zero attached hydrogens (tertiary/aromatic N) is 4. The van der Waals surface area contributed by atoms with Gasteiger partial charge in [0.15, 0.2) is 17.5 Å². The number of fused-ring (bicyclic) bond motifs is 6. The van der Waals surface area contributed by atoms with Crippen LogP contribution in [0.1, 0.15) is 8.22 Å². The van der Waals surface area contributed by atoms with Gasteiger partial charge < -0.3 is 4.57 Å². The molecule has 0 amide bonds. The highest BCUT2D eigenvalue weighted by molar-refractivity contribution is 7.26. The van der Waals surface area contributed by atoms with Gasteiger partial charge in [-0.1, -0.05) is 164 Å². The monoisotopic (exact) mass is 738 g/mol. The molecule has 5 heteroatoms. The molecule has 3 heterocycles. The van der Waals surface area contributed by atoms with Crippen LogP contribution in [-0.2, 0) is 0 Å². The van der Waals surface area contributed by atoms with Crippen LogP contribution in [0.2, 0.25) is 0 Å². The number of benzene rings is 8. The molecule has 0 bridgehead atoms. The fourth-order valence-corrected chi connectivity index (χ4v) is 9.04. The third-order valence-corrected chi connectivity index (χ3v) is 11.5. The predicted octanol–water partition coefficient (Wildman–Crippen LogP) is 13.7. The molecule has 4 nitrogen and oxygen atoms in total. The zero-order valence-corrected chi connectivity index (χ0v) is 30.5. The Bertz CT molecular complexity index is 3580. The van der Waals surface area contributed by atoms with Gasteiger partial charge in [-0.2, -0.15) is 0 Å². The van der Waals surface area contributed by atoms with Crippen LogP contribution in [0.5, 0.6) is 0 Å². The lowest BCUT2D eigenvalue weighted by Gasteiger charge is -2.13. The maximum atomic E-state index is 8.97. The summed E-state index contributed by atoms with van der Waals surface area (Å²) in [5.74, 6) is 0.555. The second kappa shape index (κ2) is 13.3. The van der Waals surface area contributed by atoms with Crippen molar-refractivity contribution < 1.29 is 8.22 Å². The molecule has 11 rings (SSSR count). The molecule has 56 heavy (non-hydrogen) atoms. The number of para-hydroxylation sites is 2. The van der Waals surface area contributed by atoms with E-state index >= 15 is 0 Å². The number of hydrogen-bond donors (Lipinski definition) is 0. The van der Waals surface area contributed by atoms with Crippen molar-refractivity contribution in [2.45, 2.75) is 0 Å². The van der Waals surface area contributed by atoms with Crippen LogP contribution in [0.3, 0.4) is 0 Å². The smallest absolute Gasteiger partial charge is 0.165 e. The Balaban J connectivity index is 1.25. The lowest BCUT2D eigenvalue weighted by Crippen LogP contribution is -2.01. The van der Waals surface area contributed by atoms with Crippen LogP contribution in [0.15, 0.2) is 194 Å². The van der Waals surface area contributed by atoms with Crippen LogP contribution in [0.4, 0.5) is 0 Å². The minimum absolute atomic E-state index is 0.0281. The van der Waals surface area contributed by atoms with Gasteiger partial charge in [-0.15, -0.1) is 11.3 Å². The van der Waals surface area contributed by atoms with Gasteiger partial charge in [0.25, 0.3) is 0 Å². The number of rotatable bonds is 6. The lowest BCUT2D eigenvalue weighted by molar-refractivity contribution is 1.07. The van der Waals surface area contributed by atoms with Crippen LogP contribution in [0, 0.1) is 0 Å². The molecule has 8 aromatic carbocycles. The molecule has 0 aliphatic rings. The molecule has 0 unspecified atom stereocenters. The molecule has 0 spiro atoms. The Kier molecular flexibility index (Phi) is 6.29. The van der Waals surface area contributed by atoms with Gasteiger partial charge in [0.2, 0.25) is 0 Å². The Labute approximate surface area is 336 Å². The summed E-state index contributed by atoms with van der Waals surface area (Å²) in [6.07, 6.45) is 0. The second-order valence-electron chi connectivity index (χ2n) is 13.6. The van der Waals surface area contributed by atoms with Crippen molar-refractivity contribution in [1.82, 2.24) is 19.5 Å². The van der Waals surface area contributed by atoms with Gasteiger partial charge in [-0.05, 0) is 52.6 Å². The zero-order chi connectivity index (χ0) is 42.2. The standard InChI is InChI=1S/C51H32N4S/c1-4-16-33(17-5-1)36-22-14-23-37(30-36)39-26-15-27-42-43-31-38(55-45-28-12-10-24-40(45)41-25-11-13-29-46(41)55)32-44(48(43)56-47(39)42)51-53-49(34-18-6-2-7-19-34)52-50(54-51)35-20-8-3-9-21-35/h1-32H/i2D,6D,7D,18D,19D,24D. The van der Waals surface area contributed by atoms with Crippen LogP contribution in [0.25, 0.3) is 104 Å². The van der Waals surface area contributed by atoms with E-state index in [4.69, 9.17) is 23.2 Å². The summed E-state index contributed by atoms with van der Waals surface area (Å²) < 4.78 is 56.3. The van der Waals surface area contributed by atoms with Gasteiger partial charge in [-0.3, -0.25) is 0 Å². The van der Waals surface area contributed by atoms with Crippen molar-refractivity contribution >= 4 is 53.3 Å². The highest BCUT2D eigenvalue weighted by Crippen LogP contribution is 2.46. The van der Waals surface area contributed by atoms with E-state index in [0.29, 0.717) is 23.0 Å². The quantitative estimate of drug-likeness (QED) is 0.171. The van der Waals surface area contributed by atoms with Crippen molar-refractivity contribution in [2.75, 3.05) is 0 Å². The van der Waals surface area contributed by atoms with Crippen LogP contribution >= 0.6 is 11.3 Å². The normalized spacial score (nSPS) is 13.1. The van der Waals surface area contributed by atoms with Crippen molar-refractivity contribution in [3.05, 3.63) is 194 Å². The van der Waals surface area contributed by atoms with Crippen molar-refractivity contribution in [1.29, 1.82) is 0 Å². The molecule has 0 fully saturated rings. The first-order valence-corrected chi connectivity index (χ1v) is 19.1. The molecular formula is C51H32N4S. The number of hydrogen-bond acceptors (Lipinski definition) is 4. The molecule has 11 aromatic rings. The van der Waals surface area contributed by atoms with E-state index in [9.17, 15) is 0 Å². The third-order valence-electron chi connectivity index (χ3n) is 10.2. The van der Waals surface area contributed by atoms with E-state index in [1.807, 2.05) is 84.9 Å². The molecule has 0 aliphatic heterocycles. The maximum absolute atomic E-state index is 8.97. The fraction of sp³-hybridized carbons (Fsp3) is 0. The Morgan fingerprint density at radius 2 is 1.00 bits per heavy atom. The van der Waals surface area contributed by atoms with Crippen molar-refractivity contribution in [2.24, 2.45) is 0 Å². The highest BCUT2D eigenvalue weighted by atomic mass is 32.1. The van der Waals surface area contributed by atoms with E-state index in [2.05, 4.69) is 77.4 Å². The molecule has 0 saturated carbocycles. The van der Waals surface area contributed by atoms with E-state index in [-0.39, 0.29) is 17.2 Å². The molecule has 0 radical (unpaired) electrons. The second-order valence-corrected chi connectivity index (χ2v) is 14.6. The first-order valence-electron chi connectivity index (χ1n) is 21.3. The summed E-state index contributed by atoms with van der Waals surface area (Å²) in [7, 11) is 0. The van der Waals surface area contributed by atoms with E-state index in [1.165, 1.54) is 0 Å². The SMILES string of the molecule is [2H]c1c([2H])c([2H])c(-c2nc(-c3ccccc3)nc(-c3cc(-n4c5ccccc5c5c([2H])cccc54)cc4c3sc3c(-c5cccc(-c6ccccc6)c5)cccc34)n2)c([2H])c1[2H]. The summed E-state index contributed by atoms with van der Waals surface area (Å²) in [4.78, 5) is 14.9. The average molecular weight is 739 g/mol. The summed E-state index contributed by atoms with van der Waals surface area (Å²) >= 11 is 1.64. The summed E-state index contributed by atoms with van der Waals surface area (Å²) in [5, 5.41) is 3.81. The molecular weight excluding hydrogens is 701 g/mol. The van der Waals surface area contributed by atoms with E-state index in [0.717, 1.165) is 69.9 Å². The number of aromatic nitrogens is 4. The minimum Gasteiger partial charge on any atom is -0.309 e. The molecule has 0 atom stereocenters. The Morgan fingerprint density at radius 3 is 1.82 bits per heavy atom. The van der Waals surface area contributed by atoms with Gasteiger partial charge in [0, 0.05) is 53.3 Å². The van der Waals surface area contributed by atoms with Gasteiger partial charge >= 0.3 is 0 Å². The third kappa shape index (κ3) is 5.40. The molecule has 0 aliphatic carbocycles. The largest absolute Gasteiger partial charge is 0.309 e. The highest BCUT2D eigenvalue weighted by Gasteiger charge is 2.21. The van der Waals surface area contributed by atoms with Crippen LogP contribution in [-0.4, -0.2) is 19.5 Å². The van der Waals surface area contributed by atoms with Crippen molar-refractivity contribution in [3.8, 4) is 62.1 Å². The van der Waals surface area contributed by atoms with Crippen LogP contribution < -0.4 is 0 Å². The summed E-state index contributed by atoms with van der Waals surface area (Å²) in [5.41, 5.74) is 8.29. The Hall–Kier alpha value is -7.21. The molecule has 0 N–H and O–H groups in total. The first kappa shape index (κ1) is 26.5. The lowest BCUT2D eigenvalue weighted by atomic mass is 9.97. The van der Waals surface area contributed by atoms with E-state index < -0.39 is 30.2 Å². The first-order chi connectivity index (χ1) is 30.2. The predicted molar refractivity (Wildman–Crippen MR) is 234 cm³/mol. The summed E-state index contributed by atoms with van der Waals surface area (Å²) in [6, 6.07) is 51.0. The van der Waals surface area contributed by atoms with Crippen molar-refractivity contribution in [3.63, 3.8) is 0 Å². The molecule has 3 aromatic heterocycles. The van der Waals surface area contributed by atoms with Gasteiger partial charge in [-0.25, -0.2) is 15.0 Å². The maximum Gasteiger partial charge on any atom is 0.165 e. The molecule has 262 valence electrons. The summed E-state index contributed by atoms with van der Waals surface area (Å²) in [6.45, 7) is 0. The molecule has 0 saturated heterocycles. The number of thiophene rings is 1. The van der Waals surface area contributed by atoms with Gasteiger partial charge in [0.1, 0.15) is 0 Å². The zero-order valence-electron chi connectivity index (χ0n) is 35.7. The van der Waals surface area contributed by atoms with E-state index in [1.54, 1.807) is 11.3 Å². The average Bonchev–Trinajstić information content (AvgIpc) is 3.87. The Morgan fingerprint density at radius 1 is 0.393 bits per heavy atom. The van der Waals surface area contributed by atoms with Gasteiger partial charge in [0.05, 0.1) is 19.3 Å². The fourth-order valence-electron chi connectivity index (χ4n) is 7.71. The minimum atomic E-state index is -0.492.